The van der Waals surface area contributed by atoms with E-state index in [9.17, 15) is 14.7 Å². The Hall–Kier alpha value is -1.06. The van der Waals surface area contributed by atoms with Crippen LogP contribution in [0.15, 0.2) is 0 Å². The molecular formula is C30H56O4. The van der Waals surface area contributed by atoms with Crippen molar-refractivity contribution < 1.29 is 19.8 Å². The maximum Gasteiger partial charge on any atom is 0.309 e. The normalized spacial score (nSPS) is 23.2. The molecule has 0 spiro atoms. The maximum absolute atomic E-state index is 12.2. The molecule has 0 bridgehead atoms. The highest BCUT2D eigenvalue weighted by atomic mass is 16.4. The first-order valence-corrected chi connectivity index (χ1v) is 14.9. The molecule has 2 rings (SSSR count). The van der Waals surface area contributed by atoms with Gasteiger partial charge in [0.25, 0.3) is 0 Å². The van der Waals surface area contributed by atoms with Crippen LogP contribution in [0.25, 0.3) is 0 Å². The van der Waals surface area contributed by atoms with Crippen LogP contribution >= 0.6 is 0 Å². The van der Waals surface area contributed by atoms with E-state index < -0.39 is 17.4 Å². The number of carbonyl (C=O) groups is 2. The van der Waals surface area contributed by atoms with Crippen molar-refractivity contribution in [3.63, 3.8) is 0 Å². The van der Waals surface area contributed by atoms with Gasteiger partial charge in [-0.25, -0.2) is 0 Å². The molecule has 4 heteroatoms. The topological polar surface area (TPSA) is 74.6 Å². The molecule has 2 aliphatic carbocycles. The van der Waals surface area contributed by atoms with Crippen LogP contribution in [0.3, 0.4) is 0 Å². The van der Waals surface area contributed by atoms with Crippen molar-refractivity contribution in [1.82, 2.24) is 0 Å². The summed E-state index contributed by atoms with van der Waals surface area (Å²) in [6.07, 6.45) is 27.1. The Kier molecular flexibility index (Phi) is 17.5. The first-order chi connectivity index (χ1) is 16.5. The van der Waals surface area contributed by atoms with E-state index in [4.69, 9.17) is 5.11 Å². The number of hydrogen-bond acceptors (Lipinski definition) is 2. The maximum atomic E-state index is 12.2. The zero-order valence-corrected chi connectivity index (χ0v) is 22.6. The van der Waals surface area contributed by atoms with Crippen molar-refractivity contribution in [3.8, 4) is 0 Å². The monoisotopic (exact) mass is 480 g/mol. The SMILES string of the molecule is CCCCCCCCC1CCCCC1(CCCCCCCC)C(=O)O.O=C(O)C1CCCCC1. The lowest BCUT2D eigenvalue weighted by Gasteiger charge is -2.41. The van der Waals surface area contributed by atoms with Crippen molar-refractivity contribution in [3.05, 3.63) is 0 Å². The minimum absolute atomic E-state index is 0.0289. The van der Waals surface area contributed by atoms with E-state index in [1.807, 2.05) is 0 Å². The molecule has 2 fully saturated rings. The fraction of sp³-hybridized carbons (Fsp3) is 0.933. The molecule has 2 unspecified atom stereocenters. The van der Waals surface area contributed by atoms with Gasteiger partial charge in [0, 0.05) is 0 Å². The molecule has 0 heterocycles. The van der Waals surface area contributed by atoms with E-state index in [1.165, 1.54) is 83.5 Å². The highest BCUT2D eigenvalue weighted by molar-refractivity contribution is 5.75. The van der Waals surface area contributed by atoms with Gasteiger partial charge in [-0.3, -0.25) is 9.59 Å². The Bertz CT molecular complexity index is 526. The number of carboxylic acids is 2. The van der Waals surface area contributed by atoms with Gasteiger partial charge in [-0.2, -0.15) is 0 Å². The summed E-state index contributed by atoms with van der Waals surface area (Å²) in [6.45, 7) is 4.50. The first kappa shape index (κ1) is 31.0. The average molecular weight is 481 g/mol. The number of unbranched alkanes of at least 4 members (excludes halogenated alkanes) is 10. The van der Waals surface area contributed by atoms with Gasteiger partial charge < -0.3 is 10.2 Å². The highest BCUT2D eigenvalue weighted by Gasteiger charge is 2.45. The standard InChI is InChI=1S/C23H44O2.C7H12O2/c1-3-5-7-9-11-13-17-21-18-14-16-20-23(21,22(24)25)19-15-12-10-8-6-4-2;8-7(9)6-4-2-1-3-5-6/h21H,3-20H2,1-2H3,(H,24,25);6H,1-5H2,(H,8,9). The molecule has 4 nitrogen and oxygen atoms in total. The third kappa shape index (κ3) is 12.1. The van der Waals surface area contributed by atoms with Crippen LogP contribution in [0.5, 0.6) is 0 Å². The molecule has 2 saturated carbocycles. The summed E-state index contributed by atoms with van der Waals surface area (Å²) in [4.78, 5) is 22.6. The van der Waals surface area contributed by atoms with Crippen LogP contribution in [0.1, 0.15) is 162 Å². The fourth-order valence-electron chi connectivity index (χ4n) is 6.19. The van der Waals surface area contributed by atoms with Crippen molar-refractivity contribution in [2.24, 2.45) is 17.3 Å². The van der Waals surface area contributed by atoms with Crippen LogP contribution < -0.4 is 0 Å². The van der Waals surface area contributed by atoms with Gasteiger partial charge in [0.1, 0.15) is 0 Å². The van der Waals surface area contributed by atoms with E-state index in [-0.39, 0.29) is 5.92 Å². The van der Waals surface area contributed by atoms with Crippen molar-refractivity contribution in [1.29, 1.82) is 0 Å². The molecule has 0 aromatic rings. The zero-order valence-electron chi connectivity index (χ0n) is 22.6. The van der Waals surface area contributed by atoms with Crippen LogP contribution in [0, 0.1) is 17.3 Å². The third-order valence-corrected chi connectivity index (χ3v) is 8.47. The average Bonchev–Trinajstić information content (AvgIpc) is 2.85. The van der Waals surface area contributed by atoms with Gasteiger partial charge >= 0.3 is 11.9 Å². The first-order valence-electron chi connectivity index (χ1n) is 14.9. The number of aliphatic carboxylic acids is 2. The molecule has 0 aliphatic heterocycles. The van der Waals surface area contributed by atoms with Gasteiger partial charge in [0.05, 0.1) is 11.3 Å². The van der Waals surface area contributed by atoms with E-state index in [0.29, 0.717) is 5.92 Å². The molecule has 2 N–H and O–H groups in total. The lowest BCUT2D eigenvalue weighted by molar-refractivity contribution is -0.156. The largest absolute Gasteiger partial charge is 0.481 e. The molecule has 0 aromatic heterocycles. The molecule has 2 atom stereocenters. The minimum atomic E-state index is -0.602. The van der Waals surface area contributed by atoms with E-state index in [2.05, 4.69) is 13.8 Å². The number of rotatable bonds is 16. The second-order valence-electron chi connectivity index (χ2n) is 11.2. The van der Waals surface area contributed by atoms with Crippen LogP contribution in [-0.2, 0) is 9.59 Å². The summed E-state index contributed by atoms with van der Waals surface area (Å²) in [5.41, 5.74) is -0.396. The van der Waals surface area contributed by atoms with Gasteiger partial charge in [-0.1, -0.05) is 123 Å². The second-order valence-corrected chi connectivity index (χ2v) is 11.2. The third-order valence-electron chi connectivity index (χ3n) is 8.47. The zero-order chi connectivity index (χ0) is 25.1. The highest BCUT2D eigenvalue weighted by Crippen LogP contribution is 2.47. The molecule has 0 saturated heterocycles. The summed E-state index contributed by atoms with van der Waals surface area (Å²) in [7, 11) is 0. The predicted molar refractivity (Wildman–Crippen MR) is 142 cm³/mol. The summed E-state index contributed by atoms with van der Waals surface area (Å²) in [6, 6.07) is 0. The second kappa shape index (κ2) is 19.2. The molecule has 0 aromatic carbocycles. The fourth-order valence-corrected chi connectivity index (χ4v) is 6.19. The van der Waals surface area contributed by atoms with E-state index in [1.54, 1.807) is 0 Å². The van der Waals surface area contributed by atoms with Crippen LogP contribution in [-0.4, -0.2) is 22.2 Å². The van der Waals surface area contributed by atoms with Gasteiger partial charge in [0.15, 0.2) is 0 Å². The summed E-state index contributed by atoms with van der Waals surface area (Å²) in [5.74, 6) is -0.689. The molecule has 34 heavy (non-hydrogen) atoms. The number of carboxylic acid groups (broad SMARTS) is 2. The van der Waals surface area contributed by atoms with E-state index >= 15 is 0 Å². The number of hydrogen-bond donors (Lipinski definition) is 2. The molecular weight excluding hydrogens is 424 g/mol. The van der Waals surface area contributed by atoms with Crippen molar-refractivity contribution in [2.45, 2.75) is 162 Å². The van der Waals surface area contributed by atoms with Crippen LogP contribution in [0.4, 0.5) is 0 Å². The molecule has 2 aliphatic rings. The van der Waals surface area contributed by atoms with Crippen LogP contribution in [0.2, 0.25) is 0 Å². The molecule has 200 valence electrons. The summed E-state index contributed by atoms with van der Waals surface area (Å²) >= 11 is 0. The molecule has 0 radical (unpaired) electrons. The summed E-state index contributed by atoms with van der Waals surface area (Å²) < 4.78 is 0. The minimum Gasteiger partial charge on any atom is -0.481 e. The van der Waals surface area contributed by atoms with Gasteiger partial charge in [-0.15, -0.1) is 0 Å². The van der Waals surface area contributed by atoms with Gasteiger partial charge in [-0.05, 0) is 44.4 Å². The summed E-state index contributed by atoms with van der Waals surface area (Å²) in [5, 5.41) is 18.6. The van der Waals surface area contributed by atoms with Crippen molar-refractivity contribution >= 4 is 11.9 Å². The lowest BCUT2D eigenvalue weighted by Crippen LogP contribution is -2.41. The van der Waals surface area contributed by atoms with E-state index in [0.717, 1.165) is 64.2 Å². The lowest BCUT2D eigenvalue weighted by atomic mass is 9.62. The Balaban J connectivity index is 0.000000533. The predicted octanol–water partition coefficient (Wildman–Crippen LogP) is 9.40. The van der Waals surface area contributed by atoms with Gasteiger partial charge in [0.2, 0.25) is 0 Å². The smallest absolute Gasteiger partial charge is 0.309 e. The molecule has 0 amide bonds. The Morgan fingerprint density at radius 2 is 1.21 bits per heavy atom. The Morgan fingerprint density at radius 3 is 1.74 bits per heavy atom. The Labute approximate surface area is 210 Å². The Morgan fingerprint density at radius 1 is 0.676 bits per heavy atom. The van der Waals surface area contributed by atoms with Crippen molar-refractivity contribution in [2.75, 3.05) is 0 Å². The quantitative estimate of drug-likeness (QED) is 0.216.